The molecule has 0 saturated carbocycles. The Hall–Kier alpha value is -1.78. The van der Waals surface area contributed by atoms with Crippen LogP contribution in [0.15, 0.2) is 36.4 Å². The van der Waals surface area contributed by atoms with Gasteiger partial charge in [-0.15, -0.1) is 0 Å². The zero-order valence-corrected chi connectivity index (χ0v) is 19.1. The Bertz CT molecular complexity index is 815. The van der Waals surface area contributed by atoms with E-state index >= 15 is 0 Å². The molecular formula is C24H33ClFNO2. The third-order valence-electron chi connectivity index (χ3n) is 4.45. The number of hydrogen-bond donors (Lipinski definition) is 1. The van der Waals surface area contributed by atoms with Gasteiger partial charge in [0.2, 0.25) is 0 Å². The Balaban J connectivity index is 2.07. The Morgan fingerprint density at radius 1 is 0.966 bits per heavy atom. The number of hydrogen-bond acceptors (Lipinski definition) is 3. The first-order chi connectivity index (χ1) is 13.5. The molecule has 0 bridgehead atoms. The molecule has 0 aliphatic carbocycles. The molecule has 5 heteroatoms. The lowest BCUT2D eigenvalue weighted by Crippen LogP contribution is -2.41. The van der Waals surface area contributed by atoms with Crippen LogP contribution in [0.4, 0.5) is 4.39 Å². The molecule has 0 amide bonds. The third kappa shape index (κ3) is 7.87. The van der Waals surface area contributed by atoms with E-state index in [4.69, 9.17) is 21.1 Å². The van der Waals surface area contributed by atoms with Gasteiger partial charge in [-0.05, 0) is 62.4 Å². The van der Waals surface area contributed by atoms with Gasteiger partial charge in [0.1, 0.15) is 12.4 Å². The lowest BCUT2D eigenvalue weighted by Gasteiger charge is -2.33. The van der Waals surface area contributed by atoms with Crippen molar-refractivity contribution in [1.29, 1.82) is 0 Å². The van der Waals surface area contributed by atoms with E-state index in [0.29, 0.717) is 23.1 Å². The molecule has 0 aliphatic rings. The second-order valence-corrected chi connectivity index (χ2v) is 9.62. The summed E-state index contributed by atoms with van der Waals surface area (Å²) in [5.74, 6) is 0.976. The molecule has 0 atom stereocenters. The first-order valence-corrected chi connectivity index (χ1v) is 10.4. The fourth-order valence-corrected chi connectivity index (χ4v) is 3.80. The average Bonchev–Trinajstić information content (AvgIpc) is 2.59. The van der Waals surface area contributed by atoms with E-state index < -0.39 is 0 Å². The zero-order valence-electron chi connectivity index (χ0n) is 18.4. The van der Waals surface area contributed by atoms with E-state index in [1.807, 2.05) is 25.1 Å². The molecule has 1 N–H and O–H groups in total. The normalized spacial score (nSPS) is 12.1. The molecule has 0 aromatic heterocycles. The molecule has 0 unspecified atom stereocenters. The van der Waals surface area contributed by atoms with Crippen molar-refractivity contribution >= 4 is 11.6 Å². The van der Waals surface area contributed by atoms with Crippen LogP contribution in [0.25, 0.3) is 0 Å². The molecule has 2 aromatic carbocycles. The Kier molecular flexibility index (Phi) is 7.95. The van der Waals surface area contributed by atoms with Crippen molar-refractivity contribution in [2.45, 2.75) is 66.7 Å². The molecule has 2 aromatic rings. The minimum absolute atomic E-state index is 0.0263. The van der Waals surface area contributed by atoms with E-state index in [0.717, 1.165) is 24.1 Å². The monoisotopic (exact) mass is 421 g/mol. The number of ether oxygens (including phenoxy) is 2. The third-order valence-corrected chi connectivity index (χ3v) is 4.80. The summed E-state index contributed by atoms with van der Waals surface area (Å²) in [6.07, 6.45) is 1.07. The molecule has 2 rings (SSSR count). The molecule has 3 nitrogen and oxygen atoms in total. The quantitative estimate of drug-likeness (QED) is 0.485. The number of rotatable bonds is 9. The van der Waals surface area contributed by atoms with Crippen LogP contribution in [0.2, 0.25) is 5.02 Å². The molecule has 29 heavy (non-hydrogen) atoms. The predicted molar refractivity (Wildman–Crippen MR) is 118 cm³/mol. The number of nitrogens with one attached hydrogen (secondary N) is 1. The van der Waals surface area contributed by atoms with Crippen molar-refractivity contribution in [3.63, 3.8) is 0 Å². The highest BCUT2D eigenvalue weighted by molar-refractivity contribution is 6.31. The fourth-order valence-electron chi connectivity index (χ4n) is 3.57. The molecule has 0 spiro atoms. The van der Waals surface area contributed by atoms with Crippen molar-refractivity contribution in [2.24, 2.45) is 5.41 Å². The van der Waals surface area contributed by atoms with Gasteiger partial charge < -0.3 is 14.8 Å². The van der Waals surface area contributed by atoms with Crippen LogP contribution in [-0.2, 0) is 13.2 Å². The van der Waals surface area contributed by atoms with Gasteiger partial charge in [0.05, 0.1) is 11.6 Å². The number of halogens is 2. The SMILES string of the molecule is CCOc1cc(CNC(C)(C)CC(C)(C)C)ccc1OCc1ccc(F)cc1Cl. The number of benzene rings is 2. The Morgan fingerprint density at radius 3 is 2.31 bits per heavy atom. The van der Waals surface area contributed by atoms with Crippen LogP contribution in [0.1, 0.15) is 59.1 Å². The first-order valence-electron chi connectivity index (χ1n) is 10.1. The molecule has 0 aliphatic heterocycles. The van der Waals surface area contributed by atoms with Crippen LogP contribution >= 0.6 is 11.6 Å². The van der Waals surface area contributed by atoms with E-state index in [9.17, 15) is 4.39 Å². The van der Waals surface area contributed by atoms with Crippen LogP contribution in [0.3, 0.4) is 0 Å². The Labute approximate surface area is 179 Å². The summed E-state index contributed by atoms with van der Waals surface area (Å²) >= 11 is 6.09. The van der Waals surface area contributed by atoms with E-state index in [1.165, 1.54) is 12.1 Å². The van der Waals surface area contributed by atoms with Crippen LogP contribution < -0.4 is 14.8 Å². The summed E-state index contributed by atoms with van der Waals surface area (Å²) in [4.78, 5) is 0. The Morgan fingerprint density at radius 2 is 1.69 bits per heavy atom. The summed E-state index contributed by atoms with van der Waals surface area (Å²) in [6, 6.07) is 10.2. The van der Waals surface area contributed by atoms with Gasteiger partial charge in [-0.1, -0.05) is 44.5 Å². The van der Waals surface area contributed by atoms with Crippen molar-refractivity contribution in [1.82, 2.24) is 5.32 Å². The molecule has 0 radical (unpaired) electrons. The lowest BCUT2D eigenvalue weighted by atomic mass is 9.82. The fraction of sp³-hybridized carbons (Fsp3) is 0.500. The summed E-state index contributed by atoms with van der Waals surface area (Å²) < 4.78 is 24.9. The lowest BCUT2D eigenvalue weighted by molar-refractivity contribution is 0.240. The van der Waals surface area contributed by atoms with Gasteiger partial charge in [0, 0.05) is 17.6 Å². The summed E-state index contributed by atoms with van der Waals surface area (Å²) in [7, 11) is 0. The summed E-state index contributed by atoms with van der Waals surface area (Å²) in [5.41, 5.74) is 2.14. The van der Waals surface area contributed by atoms with Crippen molar-refractivity contribution < 1.29 is 13.9 Å². The van der Waals surface area contributed by atoms with E-state index in [1.54, 1.807) is 6.07 Å². The van der Waals surface area contributed by atoms with Gasteiger partial charge in [-0.25, -0.2) is 4.39 Å². The predicted octanol–water partition coefficient (Wildman–Crippen LogP) is 6.76. The minimum atomic E-state index is -0.361. The minimum Gasteiger partial charge on any atom is -0.490 e. The maximum absolute atomic E-state index is 13.2. The molecule has 0 heterocycles. The highest BCUT2D eigenvalue weighted by Gasteiger charge is 2.24. The summed E-state index contributed by atoms with van der Waals surface area (Å²) in [6.45, 7) is 14.7. The smallest absolute Gasteiger partial charge is 0.161 e. The van der Waals surface area contributed by atoms with Gasteiger partial charge in [0.25, 0.3) is 0 Å². The van der Waals surface area contributed by atoms with Gasteiger partial charge in [0.15, 0.2) is 11.5 Å². The molecule has 160 valence electrons. The van der Waals surface area contributed by atoms with Crippen LogP contribution in [0, 0.1) is 11.2 Å². The van der Waals surface area contributed by atoms with Crippen molar-refractivity contribution in [2.75, 3.05) is 6.61 Å². The van der Waals surface area contributed by atoms with E-state index in [2.05, 4.69) is 39.9 Å². The molecule has 0 saturated heterocycles. The van der Waals surface area contributed by atoms with Crippen molar-refractivity contribution in [3.8, 4) is 11.5 Å². The molecular weight excluding hydrogens is 389 g/mol. The largest absolute Gasteiger partial charge is 0.490 e. The maximum atomic E-state index is 13.2. The second-order valence-electron chi connectivity index (χ2n) is 9.21. The first kappa shape index (κ1) is 23.5. The molecule has 0 fully saturated rings. The average molecular weight is 422 g/mol. The zero-order chi connectivity index (χ0) is 21.7. The van der Waals surface area contributed by atoms with Crippen LogP contribution in [0.5, 0.6) is 11.5 Å². The van der Waals surface area contributed by atoms with Crippen molar-refractivity contribution in [3.05, 3.63) is 58.4 Å². The summed E-state index contributed by atoms with van der Waals surface area (Å²) in [5, 5.41) is 3.99. The van der Waals surface area contributed by atoms with E-state index in [-0.39, 0.29) is 23.4 Å². The maximum Gasteiger partial charge on any atom is 0.161 e. The second kappa shape index (κ2) is 9.82. The standard InChI is InChI=1S/C24H33ClFNO2/c1-7-28-22-12-17(14-27-24(5,6)16-23(2,3)4)8-11-21(22)29-15-18-9-10-19(26)13-20(18)25/h8-13,27H,7,14-16H2,1-6H3. The van der Waals surface area contributed by atoms with Gasteiger partial charge in [-0.3, -0.25) is 0 Å². The van der Waals surface area contributed by atoms with Crippen LogP contribution in [-0.4, -0.2) is 12.1 Å². The van der Waals surface area contributed by atoms with Gasteiger partial charge in [-0.2, -0.15) is 0 Å². The highest BCUT2D eigenvalue weighted by atomic mass is 35.5. The highest BCUT2D eigenvalue weighted by Crippen LogP contribution is 2.31. The van der Waals surface area contributed by atoms with Gasteiger partial charge >= 0.3 is 0 Å². The topological polar surface area (TPSA) is 30.5 Å².